The maximum Gasteiger partial charge on any atom is 0.351 e. The van der Waals surface area contributed by atoms with E-state index in [9.17, 15) is 9.59 Å². The maximum atomic E-state index is 12.3. The molecule has 7 heteroatoms. The Bertz CT molecular complexity index is 810. The van der Waals surface area contributed by atoms with Crippen molar-refractivity contribution in [2.45, 2.75) is 19.4 Å². The largest absolute Gasteiger partial charge is 0.458 e. The van der Waals surface area contributed by atoms with E-state index in [-0.39, 0.29) is 13.2 Å². The van der Waals surface area contributed by atoms with Gasteiger partial charge in [0.1, 0.15) is 19.4 Å². The molecule has 29 heavy (non-hydrogen) atoms. The zero-order valence-electron chi connectivity index (χ0n) is 16.1. The van der Waals surface area contributed by atoms with Crippen molar-refractivity contribution in [3.8, 4) is 0 Å². The van der Waals surface area contributed by atoms with Gasteiger partial charge in [-0.1, -0.05) is 60.7 Å². The molecule has 0 aromatic heterocycles. The van der Waals surface area contributed by atoms with Gasteiger partial charge in [-0.3, -0.25) is 9.89 Å². The van der Waals surface area contributed by atoms with Crippen molar-refractivity contribution in [2.75, 3.05) is 26.2 Å². The Morgan fingerprint density at radius 3 is 2.28 bits per heavy atom. The molecule has 1 aliphatic rings. The van der Waals surface area contributed by atoms with Gasteiger partial charge in [-0.05, 0) is 11.1 Å². The molecule has 0 N–H and O–H groups in total. The van der Waals surface area contributed by atoms with E-state index >= 15 is 0 Å². The van der Waals surface area contributed by atoms with Gasteiger partial charge in [0.15, 0.2) is 0 Å². The fourth-order valence-electron chi connectivity index (χ4n) is 2.84. The van der Waals surface area contributed by atoms with Crippen LogP contribution < -0.4 is 0 Å². The summed E-state index contributed by atoms with van der Waals surface area (Å²) in [7, 11) is 0. The molecule has 1 aliphatic heterocycles. The van der Waals surface area contributed by atoms with Gasteiger partial charge < -0.3 is 14.2 Å². The van der Waals surface area contributed by atoms with Gasteiger partial charge in [0, 0.05) is 13.1 Å². The lowest BCUT2D eigenvalue weighted by atomic mass is 10.2. The van der Waals surface area contributed by atoms with Gasteiger partial charge in [0.25, 0.3) is 0 Å². The molecule has 0 amide bonds. The first-order valence-electron chi connectivity index (χ1n) is 9.49. The Morgan fingerprint density at radius 1 is 1.00 bits per heavy atom. The Labute approximate surface area is 169 Å². The van der Waals surface area contributed by atoms with E-state index in [0.29, 0.717) is 26.2 Å². The predicted octanol–water partition coefficient (Wildman–Crippen LogP) is 2.20. The van der Waals surface area contributed by atoms with Gasteiger partial charge in [0.05, 0.1) is 13.2 Å². The smallest absolute Gasteiger partial charge is 0.351 e. The number of rotatable bonds is 9. The number of hydrogen-bond acceptors (Lipinski definition) is 7. The summed E-state index contributed by atoms with van der Waals surface area (Å²) in [5.74, 6) is -0.914. The van der Waals surface area contributed by atoms with Crippen LogP contribution in [0.25, 0.3) is 0 Å². The normalized spacial score (nSPS) is 16.8. The zero-order valence-corrected chi connectivity index (χ0v) is 16.1. The third-order valence-electron chi connectivity index (χ3n) is 4.35. The van der Waals surface area contributed by atoms with Gasteiger partial charge in [0.2, 0.25) is 6.23 Å². The number of carbonyl (C=O) groups excluding carboxylic acids is 2. The lowest BCUT2D eigenvalue weighted by Crippen LogP contribution is -2.39. The third-order valence-corrected chi connectivity index (χ3v) is 4.35. The summed E-state index contributed by atoms with van der Waals surface area (Å²) < 4.78 is 16.0. The molecule has 0 bridgehead atoms. The van der Waals surface area contributed by atoms with E-state index in [1.54, 1.807) is 0 Å². The van der Waals surface area contributed by atoms with E-state index in [1.807, 2.05) is 65.6 Å². The van der Waals surface area contributed by atoms with Crippen LogP contribution in [-0.4, -0.2) is 55.5 Å². The molecule has 0 spiro atoms. The molecule has 2 aromatic carbocycles. The number of carbonyl (C=O) groups is 2. The second-order valence-corrected chi connectivity index (χ2v) is 6.48. The highest BCUT2D eigenvalue weighted by Crippen LogP contribution is 2.12. The first kappa shape index (κ1) is 20.7. The molecule has 3 rings (SSSR count). The number of ether oxygens (including phenoxy) is 3. The summed E-state index contributed by atoms with van der Waals surface area (Å²) in [6, 6.07) is 18.9. The van der Waals surface area contributed by atoms with E-state index in [0.717, 1.165) is 11.1 Å². The monoisotopic (exact) mass is 396 g/mol. The highest BCUT2D eigenvalue weighted by molar-refractivity contribution is 6.23. The van der Waals surface area contributed by atoms with Crippen LogP contribution >= 0.6 is 0 Å². The summed E-state index contributed by atoms with van der Waals surface area (Å²) >= 11 is 0. The van der Waals surface area contributed by atoms with Crippen LogP contribution in [-0.2, 0) is 37.0 Å². The lowest BCUT2D eigenvalue weighted by Gasteiger charge is -2.20. The molecule has 2 aromatic rings. The minimum absolute atomic E-state index is 0.207. The molecular formula is C22H24N2O5. The second-order valence-electron chi connectivity index (χ2n) is 6.48. The van der Waals surface area contributed by atoms with Gasteiger partial charge in [-0.15, -0.1) is 0 Å². The van der Waals surface area contributed by atoms with Gasteiger partial charge in [-0.2, -0.15) is 0 Å². The van der Waals surface area contributed by atoms with Crippen molar-refractivity contribution in [2.24, 2.45) is 4.99 Å². The standard InChI is InChI=1S/C22H24N2O5/c25-20(28-16-18-7-3-1-4-8-18)15-23-11-12-24-13-14-27-21(24)22(26)29-17-19-9-5-2-6-10-19/h1-10,15,21H,11-14,16-17H2/b23-15+. The van der Waals surface area contributed by atoms with E-state index in [2.05, 4.69) is 4.99 Å². The van der Waals surface area contributed by atoms with Crippen molar-refractivity contribution >= 4 is 18.2 Å². The quantitative estimate of drug-likeness (QED) is 0.478. The molecule has 0 aliphatic carbocycles. The van der Waals surface area contributed by atoms with E-state index < -0.39 is 18.2 Å². The highest BCUT2D eigenvalue weighted by atomic mass is 16.6. The van der Waals surface area contributed by atoms with Gasteiger partial charge in [-0.25, -0.2) is 9.59 Å². The molecule has 1 atom stereocenters. The van der Waals surface area contributed by atoms with Crippen LogP contribution in [0.15, 0.2) is 65.7 Å². The average molecular weight is 396 g/mol. The van der Waals surface area contributed by atoms with E-state index in [1.165, 1.54) is 6.21 Å². The minimum Gasteiger partial charge on any atom is -0.458 e. The number of benzene rings is 2. The number of hydrogen-bond donors (Lipinski definition) is 0. The summed E-state index contributed by atoms with van der Waals surface area (Å²) in [5.41, 5.74) is 1.84. The Kier molecular flexibility index (Phi) is 7.91. The van der Waals surface area contributed by atoms with E-state index in [4.69, 9.17) is 14.2 Å². The number of aliphatic imine (C=N–C) groups is 1. The molecule has 0 saturated carbocycles. The first-order chi connectivity index (χ1) is 14.2. The topological polar surface area (TPSA) is 77.4 Å². The van der Waals surface area contributed by atoms with Crippen LogP contribution in [0.4, 0.5) is 0 Å². The van der Waals surface area contributed by atoms with Crippen LogP contribution in [0.2, 0.25) is 0 Å². The average Bonchev–Trinajstić information content (AvgIpc) is 3.24. The Morgan fingerprint density at radius 2 is 1.62 bits per heavy atom. The molecule has 0 radical (unpaired) electrons. The number of nitrogens with zero attached hydrogens (tertiary/aromatic N) is 2. The highest BCUT2D eigenvalue weighted by Gasteiger charge is 2.32. The van der Waals surface area contributed by atoms with Crippen LogP contribution in [0, 0.1) is 0 Å². The van der Waals surface area contributed by atoms with Crippen molar-refractivity contribution in [3.63, 3.8) is 0 Å². The predicted molar refractivity (Wildman–Crippen MR) is 107 cm³/mol. The molecule has 1 saturated heterocycles. The van der Waals surface area contributed by atoms with Crippen molar-refractivity contribution in [1.82, 2.24) is 4.90 Å². The van der Waals surface area contributed by atoms with Crippen LogP contribution in [0.1, 0.15) is 11.1 Å². The molecule has 1 heterocycles. The number of esters is 2. The summed E-state index contributed by atoms with van der Waals surface area (Å²) in [5, 5.41) is 0. The Hall–Kier alpha value is -3.03. The summed E-state index contributed by atoms with van der Waals surface area (Å²) in [4.78, 5) is 29.9. The summed E-state index contributed by atoms with van der Waals surface area (Å²) in [6.45, 7) is 2.31. The first-order valence-corrected chi connectivity index (χ1v) is 9.49. The van der Waals surface area contributed by atoms with Crippen molar-refractivity contribution < 1.29 is 23.8 Å². The Balaban J connectivity index is 1.37. The third kappa shape index (κ3) is 6.81. The summed E-state index contributed by atoms with van der Waals surface area (Å²) in [6.07, 6.45) is 0.432. The maximum absolute atomic E-state index is 12.3. The minimum atomic E-state index is -0.737. The van der Waals surface area contributed by atoms with Crippen molar-refractivity contribution in [1.29, 1.82) is 0 Å². The molecule has 1 fully saturated rings. The van der Waals surface area contributed by atoms with Gasteiger partial charge >= 0.3 is 11.9 Å². The zero-order chi connectivity index (χ0) is 20.3. The fraction of sp³-hybridized carbons (Fsp3) is 0.318. The van der Waals surface area contributed by atoms with Crippen molar-refractivity contribution in [3.05, 3.63) is 71.8 Å². The van der Waals surface area contributed by atoms with Crippen LogP contribution in [0.5, 0.6) is 0 Å². The molecule has 152 valence electrons. The molecule has 1 unspecified atom stereocenters. The second kappa shape index (κ2) is 11.1. The lowest BCUT2D eigenvalue weighted by molar-refractivity contribution is -0.162. The SMILES string of the molecule is O=C(/C=N/CCN1CCOC1C(=O)OCc1ccccc1)OCc1ccccc1. The van der Waals surface area contributed by atoms with Crippen LogP contribution in [0.3, 0.4) is 0 Å². The fourth-order valence-corrected chi connectivity index (χ4v) is 2.84. The molecule has 7 nitrogen and oxygen atoms in total. The molecular weight excluding hydrogens is 372 g/mol.